The lowest BCUT2D eigenvalue weighted by Gasteiger charge is -2.42. The Hall–Kier alpha value is -2.93. The monoisotopic (exact) mass is 440 g/mol. The van der Waals surface area contributed by atoms with Gasteiger partial charge in [0.25, 0.3) is 0 Å². The number of fused-ring (bicyclic) bond motifs is 4. The number of hydrogen-bond acceptors (Lipinski definition) is 7. The molecule has 7 heteroatoms. The molecular weight excluding hydrogens is 412 g/mol. The summed E-state index contributed by atoms with van der Waals surface area (Å²) in [7, 11) is 0. The summed E-state index contributed by atoms with van der Waals surface area (Å²) < 4.78 is 18.7. The van der Waals surface area contributed by atoms with E-state index in [2.05, 4.69) is 0 Å². The van der Waals surface area contributed by atoms with Gasteiger partial charge in [-0.25, -0.2) is 0 Å². The lowest BCUT2D eigenvalue weighted by molar-refractivity contribution is -0.0464. The summed E-state index contributed by atoms with van der Waals surface area (Å²) in [6.45, 7) is 7.77. The maximum Gasteiger partial charge on any atom is 0.174 e. The number of hydrogen-bond donors (Lipinski definition) is 3. The highest BCUT2D eigenvalue weighted by Gasteiger charge is 2.43. The van der Waals surface area contributed by atoms with E-state index >= 15 is 0 Å². The maximum atomic E-state index is 12.9. The van der Waals surface area contributed by atoms with Crippen molar-refractivity contribution >= 4 is 5.78 Å². The van der Waals surface area contributed by atoms with Crippen LogP contribution in [0.2, 0.25) is 0 Å². The first-order valence-electron chi connectivity index (χ1n) is 11.0. The molecule has 32 heavy (non-hydrogen) atoms. The topological polar surface area (TPSA) is 105 Å². The van der Waals surface area contributed by atoms with Gasteiger partial charge in [0.1, 0.15) is 40.1 Å². The van der Waals surface area contributed by atoms with Gasteiger partial charge in [0.2, 0.25) is 0 Å². The predicted molar refractivity (Wildman–Crippen MR) is 116 cm³/mol. The molecule has 0 saturated heterocycles. The molecule has 7 nitrogen and oxygen atoms in total. The third-order valence-electron chi connectivity index (χ3n) is 6.72. The molecule has 2 aromatic carbocycles. The van der Waals surface area contributed by atoms with E-state index in [1.165, 1.54) is 6.07 Å². The number of carbonyl (C=O) groups is 1. The zero-order valence-electron chi connectivity index (χ0n) is 18.7. The van der Waals surface area contributed by atoms with Crippen molar-refractivity contribution in [3.63, 3.8) is 0 Å². The molecule has 5 rings (SSSR count). The zero-order chi connectivity index (χ0) is 23.0. The van der Waals surface area contributed by atoms with E-state index in [0.29, 0.717) is 17.9 Å². The van der Waals surface area contributed by atoms with Crippen molar-refractivity contribution in [1.82, 2.24) is 0 Å². The zero-order valence-corrected chi connectivity index (χ0v) is 18.7. The van der Waals surface area contributed by atoms with Crippen molar-refractivity contribution in [2.75, 3.05) is 0 Å². The average molecular weight is 440 g/mol. The number of aliphatic hydroxyl groups is 1. The van der Waals surface area contributed by atoms with E-state index in [4.69, 9.17) is 14.2 Å². The molecule has 2 aromatic rings. The number of phenolic OH excluding ortho intramolecular Hbond substituents is 2. The first-order chi connectivity index (χ1) is 14.9. The van der Waals surface area contributed by atoms with Crippen molar-refractivity contribution in [1.29, 1.82) is 0 Å². The number of aromatic hydroxyl groups is 2. The van der Waals surface area contributed by atoms with E-state index < -0.39 is 17.8 Å². The van der Waals surface area contributed by atoms with Crippen LogP contribution in [0.3, 0.4) is 0 Å². The first-order valence-corrected chi connectivity index (χ1v) is 11.0. The average Bonchev–Trinajstić information content (AvgIpc) is 2.67. The number of phenols is 2. The summed E-state index contributed by atoms with van der Waals surface area (Å²) in [5, 5.41) is 30.8. The Bertz CT molecular complexity index is 1130. The van der Waals surface area contributed by atoms with Crippen molar-refractivity contribution in [2.24, 2.45) is 0 Å². The molecule has 3 N–H and O–H groups in total. The second kappa shape index (κ2) is 6.78. The fourth-order valence-corrected chi connectivity index (χ4v) is 4.79. The molecule has 3 aliphatic heterocycles. The molecule has 0 spiro atoms. The lowest BCUT2D eigenvalue weighted by atomic mass is 9.82. The van der Waals surface area contributed by atoms with Gasteiger partial charge in [-0.1, -0.05) is 0 Å². The molecule has 0 amide bonds. The van der Waals surface area contributed by atoms with Crippen LogP contribution in [0.15, 0.2) is 18.2 Å². The molecule has 3 aliphatic rings. The summed E-state index contributed by atoms with van der Waals surface area (Å²) in [5.74, 6) is 0.685. The fraction of sp³-hybridized carbons (Fsp3) is 0.480. The highest BCUT2D eigenvalue weighted by molar-refractivity contribution is 6.02. The van der Waals surface area contributed by atoms with Gasteiger partial charge in [0.15, 0.2) is 17.3 Å². The minimum absolute atomic E-state index is 0.0302. The van der Waals surface area contributed by atoms with Gasteiger partial charge in [-0.3, -0.25) is 4.79 Å². The quantitative estimate of drug-likeness (QED) is 0.616. The number of Topliss-reactive ketones (excluding diaryl/α,β-unsaturated/α-hetero) is 1. The van der Waals surface area contributed by atoms with Gasteiger partial charge in [-0.2, -0.15) is 0 Å². The van der Waals surface area contributed by atoms with Crippen LogP contribution in [-0.2, 0) is 12.8 Å². The second-order valence-corrected chi connectivity index (χ2v) is 10.1. The Morgan fingerprint density at radius 1 is 1.00 bits per heavy atom. The van der Waals surface area contributed by atoms with Gasteiger partial charge < -0.3 is 29.5 Å². The number of benzene rings is 2. The van der Waals surface area contributed by atoms with E-state index in [9.17, 15) is 20.1 Å². The summed E-state index contributed by atoms with van der Waals surface area (Å²) >= 11 is 0. The molecule has 0 aliphatic carbocycles. The third-order valence-corrected chi connectivity index (χ3v) is 6.72. The Kier molecular flexibility index (Phi) is 4.44. The Morgan fingerprint density at radius 2 is 1.75 bits per heavy atom. The smallest absolute Gasteiger partial charge is 0.174 e. The molecule has 0 radical (unpaired) electrons. The molecule has 0 bridgehead atoms. The molecule has 0 fully saturated rings. The predicted octanol–water partition coefficient (Wildman–Crippen LogP) is 3.98. The largest absolute Gasteiger partial charge is 0.508 e. The highest BCUT2D eigenvalue weighted by Crippen LogP contribution is 2.51. The van der Waals surface area contributed by atoms with E-state index in [1.54, 1.807) is 0 Å². The minimum atomic E-state index is -0.794. The summed E-state index contributed by atoms with van der Waals surface area (Å²) in [6.07, 6.45) is 0.599. The number of aliphatic hydroxyl groups excluding tert-OH is 1. The van der Waals surface area contributed by atoms with Crippen LogP contribution in [-0.4, -0.2) is 38.4 Å². The van der Waals surface area contributed by atoms with Crippen LogP contribution in [0, 0.1) is 0 Å². The van der Waals surface area contributed by atoms with Gasteiger partial charge in [-0.15, -0.1) is 0 Å². The molecule has 2 unspecified atom stereocenters. The van der Waals surface area contributed by atoms with Crippen LogP contribution in [0.25, 0.3) is 0 Å². The number of ketones is 1. The molecule has 170 valence electrons. The third kappa shape index (κ3) is 3.26. The Labute approximate surface area is 186 Å². The number of ether oxygens (including phenoxy) is 3. The minimum Gasteiger partial charge on any atom is -0.508 e. The maximum absolute atomic E-state index is 12.9. The van der Waals surface area contributed by atoms with E-state index in [1.807, 2.05) is 33.8 Å². The fourth-order valence-electron chi connectivity index (χ4n) is 4.79. The lowest BCUT2D eigenvalue weighted by Crippen LogP contribution is -2.47. The van der Waals surface area contributed by atoms with Crippen LogP contribution in [0.1, 0.15) is 73.7 Å². The number of carbonyl (C=O) groups excluding carboxylic acids is 1. The number of rotatable bonds is 1. The molecule has 0 aromatic heterocycles. The van der Waals surface area contributed by atoms with Crippen molar-refractivity contribution in [3.8, 4) is 28.7 Å². The van der Waals surface area contributed by atoms with Crippen molar-refractivity contribution < 1.29 is 34.3 Å². The highest BCUT2D eigenvalue weighted by atomic mass is 16.6. The van der Waals surface area contributed by atoms with Gasteiger partial charge in [-0.05, 0) is 52.2 Å². The van der Waals surface area contributed by atoms with Crippen molar-refractivity contribution in [2.45, 2.75) is 76.8 Å². The van der Waals surface area contributed by atoms with E-state index in [-0.39, 0.29) is 40.6 Å². The summed E-state index contributed by atoms with van der Waals surface area (Å²) in [4.78, 5) is 12.9. The van der Waals surface area contributed by atoms with Crippen LogP contribution in [0.5, 0.6) is 28.7 Å². The first kappa shape index (κ1) is 20.9. The Morgan fingerprint density at radius 3 is 2.50 bits per heavy atom. The molecular formula is C25H28O7. The molecule has 0 saturated carbocycles. The molecule has 2 atom stereocenters. The normalized spacial score (nSPS) is 24.8. The summed E-state index contributed by atoms with van der Waals surface area (Å²) in [6, 6.07) is 4.46. The number of aryl methyl sites for hydroxylation is 1. The van der Waals surface area contributed by atoms with Gasteiger partial charge in [0.05, 0.1) is 12.5 Å². The SMILES string of the molecule is CC1(C)CCc2cc(C3CC(=O)c4c(O)cc(O)cc4O3)c3c(c2O1)OC(C)(C)C(O)C3. The van der Waals surface area contributed by atoms with Crippen LogP contribution < -0.4 is 14.2 Å². The van der Waals surface area contributed by atoms with Gasteiger partial charge >= 0.3 is 0 Å². The van der Waals surface area contributed by atoms with Gasteiger partial charge in [0, 0.05) is 29.7 Å². The van der Waals surface area contributed by atoms with E-state index in [0.717, 1.165) is 35.6 Å². The molecule has 3 heterocycles. The van der Waals surface area contributed by atoms with Crippen LogP contribution >= 0.6 is 0 Å². The van der Waals surface area contributed by atoms with Crippen molar-refractivity contribution in [3.05, 3.63) is 40.5 Å². The summed E-state index contributed by atoms with van der Waals surface area (Å²) in [5.41, 5.74) is 1.45. The second-order valence-electron chi connectivity index (χ2n) is 10.1. The van der Waals surface area contributed by atoms with Crippen LogP contribution in [0.4, 0.5) is 0 Å². The Balaban J connectivity index is 1.65. The standard InChI is InChI=1S/C25H28O7/c1-24(2)6-5-12-7-14(15-10-20(29)25(3,4)32-23(15)22(12)31-24)18-11-17(28)21-16(27)8-13(26)9-19(21)30-18/h7-9,18,20,26-27,29H,5-6,10-11H2,1-4H3.